The second kappa shape index (κ2) is 7.23. The highest BCUT2D eigenvalue weighted by atomic mass is 16.4. The van der Waals surface area contributed by atoms with E-state index in [9.17, 15) is 9.59 Å². The summed E-state index contributed by atoms with van der Waals surface area (Å²) in [4.78, 5) is 22.2. The van der Waals surface area contributed by atoms with Crippen molar-refractivity contribution in [1.29, 1.82) is 0 Å². The maximum absolute atomic E-state index is 11.9. The molecular weight excluding hydrogens is 270 g/mol. The Balaban J connectivity index is 1.84. The van der Waals surface area contributed by atoms with E-state index in [0.717, 1.165) is 5.56 Å². The summed E-state index contributed by atoms with van der Waals surface area (Å²) in [7, 11) is 0. The number of benzene rings is 1. The molecule has 6 heteroatoms. The van der Waals surface area contributed by atoms with Crippen LogP contribution in [0.4, 0.5) is 0 Å². The number of carbonyl (C=O) groups is 2. The van der Waals surface area contributed by atoms with Gasteiger partial charge in [0.05, 0.1) is 5.69 Å². The Kier molecular flexibility index (Phi) is 5.09. The summed E-state index contributed by atoms with van der Waals surface area (Å²) >= 11 is 0. The average Bonchev–Trinajstić information content (AvgIpc) is 2.97. The van der Waals surface area contributed by atoms with Gasteiger partial charge in [-0.05, 0) is 18.9 Å². The second-order valence-corrected chi connectivity index (χ2v) is 4.64. The van der Waals surface area contributed by atoms with Crippen LogP contribution in [0.2, 0.25) is 0 Å². The SMILES string of the molecule is O=C(O)CCCCNC(=O)c1cc(-c2ccccc2)n[nH]1. The summed E-state index contributed by atoms with van der Waals surface area (Å²) < 4.78 is 0. The van der Waals surface area contributed by atoms with Gasteiger partial charge in [0.15, 0.2) is 0 Å². The molecular formula is C15H17N3O3. The quantitative estimate of drug-likeness (QED) is 0.679. The number of carbonyl (C=O) groups excluding carboxylic acids is 1. The van der Waals surface area contributed by atoms with Crippen molar-refractivity contribution in [3.05, 3.63) is 42.1 Å². The number of hydrogen-bond acceptors (Lipinski definition) is 3. The number of aliphatic carboxylic acids is 1. The molecule has 110 valence electrons. The van der Waals surface area contributed by atoms with Crippen molar-refractivity contribution >= 4 is 11.9 Å². The van der Waals surface area contributed by atoms with Crippen molar-refractivity contribution in [2.45, 2.75) is 19.3 Å². The molecule has 0 aliphatic heterocycles. The third kappa shape index (κ3) is 4.45. The van der Waals surface area contributed by atoms with Crippen LogP contribution in [0.5, 0.6) is 0 Å². The summed E-state index contributed by atoms with van der Waals surface area (Å²) in [6, 6.07) is 11.3. The van der Waals surface area contributed by atoms with Gasteiger partial charge in [-0.25, -0.2) is 0 Å². The summed E-state index contributed by atoms with van der Waals surface area (Å²) in [5, 5.41) is 18.1. The van der Waals surface area contributed by atoms with Crippen molar-refractivity contribution in [2.75, 3.05) is 6.54 Å². The third-order valence-electron chi connectivity index (χ3n) is 3.00. The molecule has 1 heterocycles. The lowest BCUT2D eigenvalue weighted by molar-refractivity contribution is -0.137. The molecule has 0 saturated heterocycles. The zero-order valence-electron chi connectivity index (χ0n) is 11.5. The van der Waals surface area contributed by atoms with Gasteiger partial charge in [0, 0.05) is 18.5 Å². The fraction of sp³-hybridized carbons (Fsp3) is 0.267. The van der Waals surface area contributed by atoms with E-state index in [-0.39, 0.29) is 12.3 Å². The Hall–Kier alpha value is -2.63. The van der Waals surface area contributed by atoms with Crippen LogP contribution in [0.3, 0.4) is 0 Å². The van der Waals surface area contributed by atoms with Crippen LogP contribution in [-0.2, 0) is 4.79 Å². The van der Waals surface area contributed by atoms with Crippen LogP contribution >= 0.6 is 0 Å². The zero-order chi connectivity index (χ0) is 15.1. The molecule has 2 rings (SSSR count). The van der Waals surface area contributed by atoms with Gasteiger partial charge in [-0.15, -0.1) is 0 Å². The minimum Gasteiger partial charge on any atom is -0.481 e. The van der Waals surface area contributed by atoms with E-state index in [0.29, 0.717) is 30.8 Å². The van der Waals surface area contributed by atoms with E-state index in [1.165, 1.54) is 0 Å². The molecule has 0 atom stereocenters. The Morgan fingerprint density at radius 2 is 1.95 bits per heavy atom. The summed E-state index contributed by atoms with van der Waals surface area (Å²) in [6.07, 6.45) is 1.31. The van der Waals surface area contributed by atoms with Crippen LogP contribution in [0.25, 0.3) is 11.3 Å². The minimum absolute atomic E-state index is 0.123. The fourth-order valence-corrected chi connectivity index (χ4v) is 1.89. The van der Waals surface area contributed by atoms with E-state index in [4.69, 9.17) is 5.11 Å². The van der Waals surface area contributed by atoms with Gasteiger partial charge in [0.2, 0.25) is 0 Å². The fourth-order valence-electron chi connectivity index (χ4n) is 1.89. The van der Waals surface area contributed by atoms with Gasteiger partial charge in [0.25, 0.3) is 5.91 Å². The number of amides is 1. The first-order valence-electron chi connectivity index (χ1n) is 6.77. The molecule has 1 aromatic heterocycles. The van der Waals surface area contributed by atoms with Crippen LogP contribution in [-0.4, -0.2) is 33.7 Å². The number of nitrogens with zero attached hydrogens (tertiary/aromatic N) is 1. The highest BCUT2D eigenvalue weighted by Gasteiger charge is 2.10. The number of unbranched alkanes of at least 4 members (excludes halogenated alkanes) is 1. The largest absolute Gasteiger partial charge is 0.481 e. The smallest absolute Gasteiger partial charge is 0.303 e. The van der Waals surface area contributed by atoms with Crippen LogP contribution in [0, 0.1) is 0 Å². The molecule has 1 amide bonds. The molecule has 6 nitrogen and oxygen atoms in total. The topological polar surface area (TPSA) is 95.1 Å². The number of H-pyrrole nitrogens is 1. The van der Waals surface area contributed by atoms with E-state index >= 15 is 0 Å². The lowest BCUT2D eigenvalue weighted by Gasteiger charge is -2.02. The summed E-state index contributed by atoms with van der Waals surface area (Å²) in [5.41, 5.74) is 2.05. The Morgan fingerprint density at radius 3 is 2.67 bits per heavy atom. The van der Waals surface area contributed by atoms with Gasteiger partial charge in [-0.1, -0.05) is 30.3 Å². The number of nitrogens with one attached hydrogen (secondary N) is 2. The molecule has 0 bridgehead atoms. The molecule has 0 unspecified atom stereocenters. The summed E-state index contributed by atoms with van der Waals surface area (Å²) in [5.74, 6) is -1.05. The van der Waals surface area contributed by atoms with Gasteiger partial charge in [-0.3, -0.25) is 14.7 Å². The van der Waals surface area contributed by atoms with Crippen molar-refractivity contribution in [2.24, 2.45) is 0 Å². The molecule has 0 radical (unpaired) electrons. The zero-order valence-corrected chi connectivity index (χ0v) is 11.5. The molecule has 0 aliphatic carbocycles. The van der Waals surface area contributed by atoms with Gasteiger partial charge in [0.1, 0.15) is 5.69 Å². The minimum atomic E-state index is -0.817. The highest BCUT2D eigenvalue weighted by molar-refractivity contribution is 5.93. The number of rotatable bonds is 7. The maximum atomic E-state index is 11.9. The number of carboxylic acids is 1. The predicted octanol–water partition coefficient (Wildman–Crippen LogP) is 2.06. The van der Waals surface area contributed by atoms with Gasteiger partial charge in [-0.2, -0.15) is 5.10 Å². The molecule has 2 aromatic rings. The first-order chi connectivity index (χ1) is 10.2. The van der Waals surface area contributed by atoms with E-state index in [1.807, 2.05) is 30.3 Å². The van der Waals surface area contributed by atoms with Crippen LogP contribution in [0.1, 0.15) is 29.8 Å². The number of aromatic amines is 1. The molecule has 3 N–H and O–H groups in total. The van der Waals surface area contributed by atoms with Gasteiger partial charge >= 0.3 is 5.97 Å². The lowest BCUT2D eigenvalue weighted by atomic mass is 10.1. The van der Waals surface area contributed by atoms with Crippen molar-refractivity contribution in [1.82, 2.24) is 15.5 Å². The lowest BCUT2D eigenvalue weighted by Crippen LogP contribution is -2.24. The van der Waals surface area contributed by atoms with Crippen molar-refractivity contribution in [3.63, 3.8) is 0 Å². The first kappa shape index (κ1) is 14.8. The van der Waals surface area contributed by atoms with Crippen LogP contribution in [0.15, 0.2) is 36.4 Å². The summed E-state index contributed by atoms with van der Waals surface area (Å²) in [6.45, 7) is 0.450. The number of hydrogen-bond donors (Lipinski definition) is 3. The Morgan fingerprint density at radius 1 is 1.19 bits per heavy atom. The molecule has 0 spiro atoms. The Bertz CT molecular complexity index is 608. The second-order valence-electron chi connectivity index (χ2n) is 4.64. The molecule has 0 aliphatic rings. The third-order valence-corrected chi connectivity index (χ3v) is 3.00. The molecule has 21 heavy (non-hydrogen) atoms. The van der Waals surface area contributed by atoms with Crippen molar-refractivity contribution < 1.29 is 14.7 Å². The van der Waals surface area contributed by atoms with E-state index < -0.39 is 5.97 Å². The van der Waals surface area contributed by atoms with Crippen LogP contribution < -0.4 is 5.32 Å². The predicted molar refractivity (Wildman–Crippen MR) is 77.8 cm³/mol. The number of carboxylic acid groups (broad SMARTS) is 1. The Labute approximate surface area is 122 Å². The first-order valence-corrected chi connectivity index (χ1v) is 6.77. The van der Waals surface area contributed by atoms with Crippen molar-refractivity contribution in [3.8, 4) is 11.3 Å². The van der Waals surface area contributed by atoms with Gasteiger partial charge < -0.3 is 10.4 Å². The monoisotopic (exact) mass is 287 g/mol. The molecule has 0 saturated carbocycles. The standard InChI is InChI=1S/C15H17N3O3/c19-14(20)8-4-5-9-16-15(21)13-10-12(17-18-13)11-6-2-1-3-7-11/h1-3,6-7,10H,4-5,8-9H2,(H,16,21)(H,17,18)(H,19,20). The average molecular weight is 287 g/mol. The van der Waals surface area contributed by atoms with E-state index in [1.54, 1.807) is 6.07 Å². The maximum Gasteiger partial charge on any atom is 0.303 e. The molecule has 1 aromatic carbocycles. The van der Waals surface area contributed by atoms with E-state index in [2.05, 4.69) is 15.5 Å². The highest BCUT2D eigenvalue weighted by Crippen LogP contribution is 2.16. The molecule has 0 fully saturated rings. The number of aromatic nitrogens is 2. The normalized spacial score (nSPS) is 10.3.